The van der Waals surface area contributed by atoms with Crippen molar-refractivity contribution in [3.8, 4) is 11.3 Å². The molecule has 3 rings (SSSR count). The summed E-state index contributed by atoms with van der Waals surface area (Å²) >= 11 is 0. The number of nitrogens with zero attached hydrogens (tertiary/aromatic N) is 3. The number of nitrogens with two attached hydrogens (primary N) is 1. The molecular formula is C15H18N4. The van der Waals surface area contributed by atoms with Gasteiger partial charge in [0.25, 0.3) is 0 Å². The number of benzene rings is 1. The van der Waals surface area contributed by atoms with Crippen LogP contribution in [0.3, 0.4) is 0 Å². The molecule has 4 nitrogen and oxygen atoms in total. The van der Waals surface area contributed by atoms with E-state index in [0.29, 0.717) is 6.54 Å². The molecule has 1 aromatic carbocycles. The fourth-order valence-corrected chi connectivity index (χ4v) is 2.52. The van der Waals surface area contributed by atoms with Gasteiger partial charge in [-0.05, 0) is 13.0 Å². The van der Waals surface area contributed by atoms with Crippen molar-refractivity contribution in [3.63, 3.8) is 0 Å². The number of hydrogen-bond acceptors (Lipinski definition) is 4. The van der Waals surface area contributed by atoms with Gasteiger partial charge in [0.05, 0.1) is 5.69 Å². The second-order valence-electron chi connectivity index (χ2n) is 4.87. The lowest BCUT2D eigenvalue weighted by Gasteiger charge is -2.13. The minimum Gasteiger partial charge on any atom is -0.359 e. The second kappa shape index (κ2) is 4.97. The van der Waals surface area contributed by atoms with Crippen LogP contribution in [-0.2, 0) is 12.8 Å². The van der Waals surface area contributed by atoms with Gasteiger partial charge in [-0.25, -0.2) is 9.97 Å². The molecule has 0 saturated heterocycles. The Kier molecular flexibility index (Phi) is 3.17. The summed E-state index contributed by atoms with van der Waals surface area (Å²) in [6.07, 6.45) is 1.74. The maximum atomic E-state index is 5.64. The average molecular weight is 254 g/mol. The van der Waals surface area contributed by atoms with Crippen LogP contribution in [0.1, 0.15) is 11.4 Å². The van der Waals surface area contributed by atoms with Crippen LogP contribution in [0.4, 0.5) is 5.82 Å². The van der Waals surface area contributed by atoms with Crippen molar-refractivity contribution in [2.24, 2.45) is 5.73 Å². The normalized spacial score (nSPS) is 13.7. The van der Waals surface area contributed by atoms with E-state index in [2.05, 4.69) is 29.1 Å². The van der Waals surface area contributed by atoms with Crippen LogP contribution in [0.2, 0.25) is 0 Å². The Morgan fingerprint density at radius 3 is 2.74 bits per heavy atom. The molecule has 0 unspecified atom stereocenters. The van der Waals surface area contributed by atoms with Crippen LogP contribution in [0, 0.1) is 0 Å². The first-order valence-electron chi connectivity index (χ1n) is 6.66. The summed E-state index contributed by atoms with van der Waals surface area (Å²) in [6.45, 7) is 1.59. The van der Waals surface area contributed by atoms with Crippen LogP contribution in [0.25, 0.3) is 11.3 Å². The van der Waals surface area contributed by atoms with E-state index in [1.54, 1.807) is 0 Å². The minimum absolute atomic E-state index is 0.580. The summed E-state index contributed by atoms with van der Waals surface area (Å²) in [5, 5.41) is 0. The predicted octanol–water partition coefficient (Wildman–Crippen LogP) is 1.64. The number of aromatic nitrogens is 2. The maximum Gasteiger partial charge on any atom is 0.135 e. The number of rotatable bonds is 3. The Labute approximate surface area is 113 Å². The Hall–Kier alpha value is -1.94. The highest BCUT2D eigenvalue weighted by molar-refractivity contribution is 5.70. The molecule has 0 radical (unpaired) electrons. The molecule has 0 spiro atoms. The van der Waals surface area contributed by atoms with E-state index in [0.717, 1.165) is 42.3 Å². The van der Waals surface area contributed by atoms with E-state index in [9.17, 15) is 0 Å². The van der Waals surface area contributed by atoms with Crippen molar-refractivity contribution in [1.29, 1.82) is 0 Å². The molecule has 2 aromatic rings. The van der Waals surface area contributed by atoms with Gasteiger partial charge in [0.2, 0.25) is 0 Å². The van der Waals surface area contributed by atoms with Crippen molar-refractivity contribution in [2.45, 2.75) is 12.8 Å². The SMILES string of the molecule is CN1CCc2c(-c3ccccc3)nc(CCN)nc21. The maximum absolute atomic E-state index is 5.64. The summed E-state index contributed by atoms with van der Waals surface area (Å²) in [7, 11) is 2.08. The third-order valence-corrected chi connectivity index (χ3v) is 3.51. The lowest BCUT2D eigenvalue weighted by molar-refractivity contribution is 0.861. The molecule has 2 heterocycles. The number of fused-ring (bicyclic) bond motifs is 1. The molecule has 1 aliphatic heterocycles. The molecule has 0 saturated carbocycles. The van der Waals surface area contributed by atoms with Gasteiger partial charge < -0.3 is 10.6 Å². The Morgan fingerprint density at radius 2 is 2.00 bits per heavy atom. The van der Waals surface area contributed by atoms with Crippen LogP contribution >= 0.6 is 0 Å². The summed E-state index contributed by atoms with van der Waals surface area (Å²) in [5.41, 5.74) is 9.12. The molecule has 0 bridgehead atoms. The van der Waals surface area contributed by atoms with E-state index in [-0.39, 0.29) is 0 Å². The highest BCUT2D eigenvalue weighted by Crippen LogP contribution is 2.32. The average Bonchev–Trinajstić information content (AvgIpc) is 2.81. The van der Waals surface area contributed by atoms with Crippen LogP contribution in [-0.4, -0.2) is 30.1 Å². The third kappa shape index (κ3) is 2.19. The first-order chi connectivity index (χ1) is 9.29. The molecule has 0 fully saturated rings. The van der Waals surface area contributed by atoms with Gasteiger partial charge >= 0.3 is 0 Å². The third-order valence-electron chi connectivity index (χ3n) is 3.51. The van der Waals surface area contributed by atoms with E-state index < -0.39 is 0 Å². The van der Waals surface area contributed by atoms with Gasteiger partial charge in [-0.3, -0.25) is 0 Å². The molecule has 1 aliphatic rings. The van der Waals surface area contributed by atoms with Gasteiger partial charge in [0, 0.05) is 31.1 Å². The van der Waals surface area contributed by atoms with Crippen molar-refractivity contribution >= 4 is 5.82 Å². The zero-order valence-corrected chi connectivity index (χ0v) is 11.1. The fourth-order valence-electron chi connectivity index (χ4n) is 2.52. The lowest BCUT2D eigenvalue weighted by atomic mass is 10.1. The molecule has 0 atom stereocenters. The Balaban J connectivity index is 2.15. The monoisotopic (exact) mass is 254 g/mol. The highest BCUT2D eigenvalue weighted by Gasteiger charge is 2.23. The van der Waals surface area contributed by atoms with Gasteiger partial charge in [0.15, 0.2) is 0 Å². The van der Waals surface area contributed by atoms with E-state index >= 15 is 0 Å². The smallest absolute Gasteiger partial charge is 0.135 e. The number of likely N-dealkylation sites (N-methyl/N-ethyl adjacent to an activating group) is 1. The number of hydrogen-bond donors (Lipinski definition) is 1. The second-order valence-corrected chi connectivity index (χ2v) is 4.87. The van der Waals surface area contributed by atoms with Gasteiger partial charge in [-0.15, -0.1) is 0 Å². The number of anilines is 1. The summed E-state index contributed by atoms with van der Waals surface area (Å²) in [6, 6.07) is 10.3. The topological polar surface area (TPSA) is 55.0 Å². The van der Waals surface area contributed by atoms with Crippen LogP contribution < -0.4 is 10.6 Å². The Bertz CT molecular complexity index is 580. The Morgan fingerprint density at radius 1 is 1.21 bits per heavy atom. The van der Waals surface area contributed by atoms with Gasteiger partial charge in [-0.1, -0.05) is 30.3 Å². The fraction of sp³-hybridized carbons (Fsp3) is 0.333. The summed E-state index contributed by atoms with van der Waals surface area (Å²) < 4.78 is 0. The van der Waals surface area contributed by atoms with Crippen molar-refractivity contribution in [2.75, 3.05) is 25.0 Å². The molecule has 4 heteroatoms. The molecule has 0 amide bonds. The van der Waals surface area contributed by atoms with Crippen molar-refractivity contribution in [1.82, 2.24) is 9.97 Å². The predicted molar refractivity (Wildman–Crippen MR) is 77.2 cm³/mol. The van der Waals surface area contributed by atoms with Crippen molar-refractivity contribution in [3.05, 3.63) is 41.7 Å². The molecule has 19 heavy (non-hydrogen) atoms. The summed E-state index contributed by atoms with van der Waals surface area (Å²) in [4.78, 5) is 11.6. The molecule has 1 aromatic heterocycles. The minimum atomic E-state index is 0.580. The summed E-state index contributed by atoms with van der Waals surface area (Å²) in [5.74, 6) is 1.91. The van der Waals surface area contributed by atoms with Crippen molar-refractivity contribution < 1.29 is 0 Å². The lowest BCUT2D eigenvalue weighted by Crippen LogP contribution is -2.15. The highest BCUT2D eigenvalue weighted by atomic mass is 15.2. The van der Waals surface area contributed by atoms with Gasteiger partial charge in [0.1, 0.15) is 11.6 Å². The van der Waals surface area contributed by atoms with E-state index in [1.807, 2.05) is 18.2 Å². The zero-order chi connectivity index (χ0) is 13.2. The van der Waals surface area contributed by atoms with Crippen LogP contribution in [0.5, 0.6) is 0 Å². The van der Waals surface area contributed by atoms with Gasteiger partial charge in [-0.2, -0.15) is 0 Å². The largest absolute Gasteiger partial charge is 0.359 e. The van der Waals surface area contributed by atoms with E-state index in [4.69, 9.17) is 10.7 Å². The molecule has 0 aliphatic carbocycles. The van der Waals surface area contributed by atoms with E-state index in [1.165, 1.54) is 5.56 Å². The standard InChI is InChI=1S/C15H18N4/c1-19-10-8-12-14(11-5-3-2-4-6-11)17-13(7-9-16)18-15(12)19/h2-6H,7-10,16H2,1H3. The molecular weight excluding hydrogens is 236 g/mol. The first kappa shape index (κ1) is 12.1. The zero-order valence-electron chi connectivity index (χ0n) is 11.1. The molecule has 98 valence electrons. The first-order valence-corrected chi connectivity index (χ1v) is 6.66. The van der Waals surface area contributed by atoms with Crippen LogP contribution in [0.15, 0.2) is 30.3 Å². The molecule has 2 N–H and O–H groups in total. The quantitative estimate of drug-likeness (QED) is 0.904.